The molecule has 1 aliphatic rings. The minimum atomic E-state index is -3.68. The first kappa shape index (κ1) is 25.5. The van der Waals surface area contributed by atoms with Gasteiger partial charge in [-0.15, -0.1) is 0 Å². The van der Waals surface area contributed by atoms with E-state index in [2.05, 4.69) is 5.32 Å². The first-order chi connectivity index (χ1) is 17.3. The van der Waals surface area contributed by atoms with Crippen molar-refractivity contribution < 1.29 is 22.7 Å². The molecule has 0 saturated carbocycles. The Kier molecular flexibility index (Phi) is 7.49. The first-order valence-electron chi connectivity index (χ1n) is 12.0. The molecule has 3 aromatic carbocycles. The average molecular weight is 510 g/mol. The molecule has 0 saturated heterocycles. The summed E-state index contributed by atoms with van der Waals surface area (Å²) < 4.78 is 33.0. The first-order valence-corrected chi connectivity index (χ1v) is 13.5. The summed E-state index contributed by atoms with van der Waals surface area (Å²) >= 11 is 0. The Balaban J connectivity index is 1.49. The van der Waals surface area contributed by atoms with Crippen LogP contribution in [0.4, 0.5) is 5.69 Å². The van der Waals surface area contributed by atoms with Gasteiger partial charge in [0.15, 0.2) is 0 Å². The van der Waals surface area contributed by atoms with E-state index in [1.54, 1.807) is 37.1 Å². The van der Waals surface area contributed by atoms with E-state index in [1.165, 1.54) is 4.31 Å². The van der Waals surface area contributed by atoms with Gasteiger partial charge in [-0.1, -0.05) is 36.4 Å². The zero-order valence-electron chi connectivity index (χ0n) is 20.7. The Bertz CT molecular complexity index is 1370. The lowest BCUT2D eigenvalue weighted by Crippen LogP contribution is -2.47. The Labute approximate surface area is 211 Å². The van der Waals surface area contributed by atoms with Crippen molar-refractivity contribution in [2.24, 2.45) is 0 Å². The van der Waals surface area contributed by atoms with Crippen molar-refractivity contribution in [1.29, 1.82) is 0 Å². The van der Waals surface area contributed by atoms with Crippen molar-refractivity contribution in [1.82, 2.24) is 10.2 Å². The van der Waals surface area contributed by atoms with E-state index < -0.39 is 16.1 Å². The number of nitrogens with one attached hydrogen (secondary N) is 1. The fourth-order valence-corrected chi connectivity index (χ4v) is 6.30. The van der Waals surface area contributed by atoms with Crippen LogP contribution in [0, 0.1) is 0 Å². The number of hydrogen-bond acceptors (Lipinski definition) is 5. The van der Waals surface area contributed by atoms with Crippen molar-refractivity contribution >= 4 is 38.3 Å². The number of carbonyl (C=O) groups is 2. The molecule has 0 aliphatic carbocycles. The third-order valence-corrected chi connectivity index (χ3v) is 8.32. The molecule has 2 amide bonds. The number of anilines is 1. The van der Waals surface area contributed by atoms with Gasteiger partial charge >= 0.3 is 0 Å². The maximum Gasteiger partial charge on any atom is 0.265 e. The number of ether oxygens (including phenoxy) is 1. The van der Waals surface area contributed by atoms with Crippen molar-refractivity contribution in [3.63, 3.8) is 0 Å². The molecule has 190 valence electrons. The molecule has 0 radical (unpaired) electrons. The van der Waals surface area contributed by atoms with Gasteiger partial charge in [-0.2, -0.15) is 0 Å². The average Bonchev–Trinajstić information content (AvgIpc) is 3.10. The van der Waals surface area contributed by atoms with Crippen LogP contribution in [0.2, 0.25) is 0 Å². The molecule has 1 unspecified atom stereocenters. The standard InChI is InChI=1S/C27H31N3O5S/c1-4-28-27(32)19(2)29(18-20-13-15-22(35-3)16-14-20)25(31)12-7-17-30-23-10-5-8-21-9-6-11-24(26(21)23)36(30,33)34/h5-6,8-11,13-16,19H,4,7,12,17-18H2,1-3H3,(H,28,32). The minimum absolute atomic E-state index is 0.109. The lowest BCUT2D eigenvalue weighted by atomic mass is 10.1. The number of likely N-dealkylation sites (N-methyl/N-ethyl adjacent to an activating group) is 1. The van der Waals surface area contributed by atoms with Gasteiger partial charge in [0.25, 0.3) is 10.0 Å². The van der Waals surface area contributed by atoms with Gasteiger partial charge in [-0.25, -0.2) is 8.42 Å². The summed E-state index contributed by atoms with van der Waals surface area (Å²) in [6.45, 7) is 4.43. The topological polar surface area (TPSA) is 96.0 Å². The second-order valence-corrected chi connectivity index (χ2v) is 10.6. The molecular formula is C27H31N3O5S. The van der Waals surface area contributed by atoms with Crippen molar-refractivity contribution in [2.45, 2.75) is 44.2 Å². The van der Waals surface area contributed by atoms with Crippen LogP contribution in [0.1, 0.15) is 32.3 Å². The Morgan fingerprint density at radius 2 is 1.75 bits per heavy atom. The van der Waals surface area contributed by atoms with E-state index in [4.69, 9.17) is 4.74 Å². The molecule has 0 fully saturated rings. The van der Waals surface area contributed by atoms with E-state index in [9.17, 15) is 18.0 Å². The van der Waals surface area contributed by atoms with Gasteiger partial charge in [-0.05, 0) is 55.5 Å². The number of sulfonamides is 1. The molecule has 1 aliphatic heterocycles. The second-order valence-electron chi connectivity index (χ2n) is 8.75. The second kappa shape index (κ2) is 10.6. The number of hydrogen-bond donors (Lipinski definition) is 1. The highest BCUT2D eigenvalue weighted by atomic mass is 32.2. The molecule has 1 N–H and O–H groups in total. The van der Waals surface area contributed by atoms with E-state index >= 15 is 0 Å². The summed E-state index contributed by atoms with van der Waals surface area (Å²) in [5.74, 6) is 0.261. The summed E-state index contributed by atoms with van der Waals surface area (Å²) in [7, 11) is -2.09. The molecule has 8 nitrogen and oxygen atoms in total. The van der Waals surface area contributed by atoms with Crippen LogP contribution in [-0.2, 0) is 26.2 Å². The van der Waals surface area contributed by atoms with Gasteiger partial charge in [0, 0.05) is 31.4 Å². The number of benzene rings is 3. The summed E-state index contributed by atoms with van der Waals surface area (Å²) in [4.78, 5) is 27.7. The molecule has 3 aromatic rings. The zero-order valence-corrected chi connectivity index (χ0v) is 21.5. The molecule has 36 heavy (non-hydrogen) atoms. The van der Waals surface area contributed by atoms with E-state index in [-0.39, 0.29) is 31.3 Å². The highest BCUT2D eigenvalue weighted by Gasteiger charge is 2.35. The smallest absolute Gasteiger partial charge is 0.265 e. The predicted octanol–water partition coefficient (Wildman–Crippen LogP) is 3.69. The van der Waals surface area contributed by atoms with Crippen molar-refractivity contribution in [2.75, 3.05) is 24.5 Å². The van der Waals surface area contributed by atoms with E-state index in [1.807, 2.05) is 49.4 Å². The summed E-state index contributed by atoms with van der Waals surface area (Å²) in [5, 5.41) is 4.37. The lowest BCUT2D eigenvalue weighted by molar-refractivity contribution is -0.140. The van der Waals surface area contributed by atoms with E-state index in [0.29, 0.717) is 29.3 Å². The molecule has 9 heteroatoms. The monoisotopic (exact) mass is 509 g/mol. The largest absolute Gasteiger partial charge is 0.497 e. The highest BCUT2D eigenvalue weighted by molar-refractivity contribution is 7.93. The quantitative estimate of drug-likeness (QED) is 0.450. The third kappa shape index (κ3) is 4.88. The fourth-order valence-electron chi connectivity index (χ4n) is 4.55. The van der Waals surface area contributed by atoms with E-state index in [0.717, 1.165) is 16.3 Å². The van der Waals surface area contributed by atoms with Gasteiger partial charge in [0.2, 0.25) is 11.8 Å². The summed E-state index contributed by atoms with van der Waals surface area (Å²) in [5.41, 5.74) is 1.51. The maximum atomic E-state index is 13.3. The van der Waals surface area contributed by atoms with Crippen LogP contribution in [-0.4, -0.2) is 51.4 Å². The maximum absolute atomic E-state index is 13.3. The van der Waals surface area contributed by atoms with Crippen LogP contribution < -0.4 is 14.4 Å². The molecule has 0 spiro atoms. The molecule has 4 rings (SSSR count). The molecule has 0 aromatic heterocycles. The van der Waals surface area contributed by atoms with Crippen molar-refractivity contribution in [3.05, 3.63) is 66.2 Å². The van der Waals surface area contributed by atoms with Crippen LogP contribution in [0.25, 0.3) is 10.8 Å². The zero-order chi connectivity index (χ0) is 25.9. The minimum Gasteiger partial charge on any atom is -0.497 e. The summed E-state index contributed by atoms with van der Waals surface area (Å²) in [6, 6.07) is 17.5. The Morgan fingerprint density at radius 1 is 1.06 bits per heavy atom. The number of rotatable bonds is 10. The van der Waals surface area contributed by atoms with Gasteiger partial charge in [0.1, 0.15) is 11.8 Å². The Morgan fingerprint density at radius 3 is 2.42 bits per heavy atom. The van der Waals surface area contributed by atoms with Gasteiger partial charge in [0.05, 0.1) is 17.7 Å². The number of carbonyl (C=O) groups excluding carboxylic acids is 2. The molecule has 0 bridgehead atoms. The van der Waals surface area contributed by atoms with Crippen LogP contribution in [0.3, 0.4) is 0 Å². The summed E-state index contributed by atoms with van der Waals surface area (Å²) in [6.07, 6.45) is 0.432. The fraction of sp³-hybridized carbons (Fsp3) is 0.333. The van der Waals surface area contributed by atoms with Gasteiger partial charge < -0.3 is 15.0 Å². The predicted molar refractivity (Wildman–Crippen MR) is 139 cm³/mol. The number of methoxy groups -OCH3 is 1. The Hall–Kier alpha value is -3.59. The molecule has 1 atom stereocenters. The highest BCUT2D eigenvalue weighted by Crippen LogP contribution is 2.42. The number of nitrogens with zero attached hydrogens (tertiary/aromatic N) is 2. The van der Waals surface area contributed by atoms with Crippen LogP contribution in [0.15, 0.2) is 65.6 Å². The van der Waals surface area contributed by atoms with Crippen molar-refractivity contribution in [3.8, 4) is 5.75 Å². The third-order valence-electron chi connectivity index (χ3n) is 6.46. The van der Waals surface area contributed by atoms with Crippen LogP contribution >= 0.6 is 0 Å². The normalized spacial score (nSPS) is 14.5. The molecule has 1 heterocycles. The SMILES string of the molecule is CCNC(=O)C(C)N(Cc1ccc(OC)cc1)C(=O)CCCN1c2cccc3cccc(c23)S1(=O)=O. The van der Waals surface area contributed by atoms with Gasteiger partial charge in [-0.3, -0.25) is 13.9 Å². The lowest BCUT2D eigenvalue weighted by Gasteiger charge is -2.29. The number of amides is 2. The molecular weight excluding hydrogens is 478 g/mol. The van der Waals surface area contributed by atoms with Crippen LogP contribution in [0.5, 0.6) is 5.75 Å².